The van der Waals surface area contributed by atoms with Gasteiger partial charge in [0, 0.05) is 17.7 Å². The molecule has 0 radical (unpaired) electrons. The van der Waals surface area contributed by atoms with Crippen LogP contribution in [-0.4, -0.2) is 38.9 Å². The molecule has 21 heavy (non-hydrogen) atoms. The summed E-state index contributed by atoms with van der Waals surface area (Å²) in [6, 6.07) is 5.64. The Morgan fingerprint density at radius 3 is 2.14 bits per heavy atom. The van der Waals surface area contributed by atoms with E-state index in [0.717, 1.165) is 0 Å². The van der Waals surface area contributed by atoms with Gasteiger partial charge in [0.25, 0.3) is 5.69 Å². The third-order valence-electron chi connectivity index (χ3n) is 2.91. The van der Waals surface area contributed by atoms with Gasteiger partial charge >= 0.3 is 5.97 Å². The zero-order chi connectivity index (χ0) is 16.2. The summed E-state index contributed by atoms with van der Waals surface area (Å²) < 4.78 is 0. The Morgan fingerprint density at radius 2 is 1.76 bits per heavy atom. The molecule has 7 heteroatoms. The number of nitro benzene ring substituents is 1. The van der Waals surface area contributed by atoms with Crippen LogP contribution in [0.4, 0.5) is 5.69 Å². The molecule has 0 saturated carbocycles. The molecular weight excluding hydrogens is 276 g/mol. The molecule has 1 amide bonds. The first kappa shape index (κ1) is 16.6. The number of hydrogen-bond donors (Lipinski definition) is 1. The Kier molecular flexibility index (Phi) is 5.02. The number of hydrogen-bond acceptors (Lipinski definition) is 4. The number of aliphatic carboxylic acids is 1. The van der Waals surface area contributed by atoms with Crippen LogP contribution in [0.25, 0.3) is 0 Å². The molecule has 0 heterocycles. The van der Waals surface area contributed by atoms with Gasteiger partial charge in [-0.2, -0.15) is 0 Å². The number of benzene rings is 1. The lowest BCUT2D eigenvalue weighted by Gasteiger charge is -2.34. The Balaban J connectivity index is 2.86. The summed E-state index contributed by atoms with van der Waals surface area (Å²) in [5.41, 5.74) is -0.0642. The molecule has 0 unspecified atom stereocenters. The van der Waals surface area contributed by atoms with Gasteiger partial charge in [0.2, 0.25) is 5.91 Å². The molecule has 1 N–H and O–H groups in total. The lowest BCUT2D eigenvalue weighted by molar-refractivity contribution is -0.384. The number of carboxylic acid groups (broad SMARTS) is 1. The number of carbonyl (C=O) groups is 2. The van der Waals surface area contributed by atoms with Crippen molar-refractivity contribution in [3.05, 3.63) is 39.9 Å². The fourth-order valence-electron chi connectivity index (χ4n) is 1.84. The first-order valence-electron chi connectivity index (χ1n) is 6.37. The average molecular weight is 294 g/mol. The van der Waals surface area contributed by atoms with Gasteiger partial charge in [-0.25, -0.2) is 0 Å². The van der Waals surface area contributed by atoms with Gasteiger partial charge in [-0.3, -0.25) is 19.7 Å². The molecule has 0 atom stereocenters. The topological polar surface area (TPSA) is 101 Å². The van der Waals surface area contributed by atoms with Crippen LogP contribution in [0.3, 0.4) is 0 Å². The maximum atomic E-state index is 12.2. The molecule has 0 aliphatic heterocycles. The van der Waals surface area contributed by atoms with Gasteiger partial charge in [-0.05, 0) is 26.3 Å². The summed E-state index contributed by atoms with van der Waals surface area (Å²) in [5.74, 6) is -1.42. The summed E-state index contributed by atoms with van der Waals surface area (Å²) >= 11 is 0. The molecule has 0 fully saturated rings. The van der Waals surface area contributed by atoms with Gasteiger partial charge in [0.1, 0.15) is 6.54 Å². The zero-order valence-corrected chi connectivity index (χ0v) is 12.2. The number of nitro groups is 1. The molecule has 0 bridgehead atoms. The third-order valence-corrected chi connectivity index (χ3v) is 2.91. The number of non-ortho nitro benzene ring substituents is 1. The largest absolute Gasteiger partial charge is 0.480 e. The Labute approximate surface area is 122 Å². The van der Waals surface area contributed by atoms with E-state index in [1.54, 1.807) is 20.8 Å². The first-order chi connectivity index (χ1) is 9.61. The van der Waals surface area contributed by atoms with E-state index < -0.39 is 16.4 Å². The van der Waals surface area contributed by atoms with Crippen molar-refractivity contribution in [2.75, 3.05) is 6.54 Å². The highest BCUT2D eigenvalue weighted by atomic mass is 16.6. The summed E-state index contributed by atoms with van der Waals surface area (Å²) in [5, 5.41) is 19.5. The third kappa shape index (κ3) is 4.87. The highest BCUT2D eigenvalue weighted by Crippen LogP contribution is 2.17. The Morgan fingerprint density at radius 1 is 1.24 bits per heavy atom. The van der Waals surface area contributed by atoms with Crippen LogP contribution in [0.2, 0.25) is 0 Å². The van der Waals surface area contributed by atoms with Gasteiger partial charge in [0.05, 0.1) is 11.3 Å². The molecule has 0 aliphatic rings. The molecule has 7 nitrogen and oxygen atoms in total. The quantitative estimate of drug-likeness (QED) is 0.659. The maximum Gasteiger partial charge on any atom is 0.323 e. The predicted molar refractivity (Wildman–Crippen MR) is 75.9 cm³/mol. The smallest absolute Gasteiger partial charge is 0.323 e. The molecule has 0 aromatic heterocycles. The summed E-state index contributed by atoms with van der Waals surface area (Å²) in [6.07, 6.45) is 0.00252. The van der Waals surface area contributed by atoms with E-state index in [1.807, 2.05) is 0 Å². The Hall–Kier alpha value is -2.44. The zero-order valence-electron chi connectivity index (χ0n) is 12.2. The van der Waals surface area contributed by atoms with Gasteiger partial charge in [-0.1, -0.05) is 12.1 Å². The number of carboxylic acids is 1. The summed E-state index contributed by atoms with van der Waals surface area (Å²) in [7, 11) is 0. The van der Waals surface area contributed by atoms with Crippen LogP contribution >= 0.6 is 0 Å². The predicted octanol–water partition coefficient (Wildman–Crippen LogP) is 1.85. The van der Waals surface area contributed by atoms with E-state index in [0.29, 0.717) is 5.56 Å². The van der Waals surface area contributed by atoms with Gasteiger partial charge in [-0.15, -0.1) is 0 Å². The van der Waals surface area contributed by atoms with Crippen molar-refractivity contribution in [1.82, 2.24) is 4.90 Å². The van der Waals surface area contributed by atoms with Crippen molar-refractivity contribution < 1.29 is 19.6 Å². The molecule has 1 rings (SSSR count). The van der Waals surface area contributed by atoms with Crippen molar-refractivity contribution in [1.29, 1.82) is 0 Å². The van der Waals surface area contributed by atoms with E-state index in [4.69, 9.17) is 5.11 Å². The molecule has 114 valence electrons. The molecule has 1 aromatic carbocycles. The summed E-state index contributed by atoms with van der Waals surface area (Å²) in [6.45, 7) is 4.88. The number of amides is 1. The minimum atomic E-state index is -1.08. The highest BCUT2D eigenvalue weighted by Gasteiger charge is 2.28. The van der Waals surface area contributed by atoms with Crippen molar-refractivity contribution in [2.45, 2.75) is 32.7 Å². The minimum absolute atomic E-state index is 0.00252. The number of nitrogens with zero attached hydrogens (tertiary/aromatic N) is 2. The SMILES string of the molecule is CC(C)(C)N(CC(=O)O)C(=O)Cc1ccc([N+](=O)[O-])cc1. The fourth-order valence-corrected chi connectivity index (χ4v) is 1.84. The molecule has 1 aromatic rings. The molecule has 0 saturated heterocycles. The second-order valence-corrected chi connectivity index (χ2v) is 5.64. The van der Waals surface area contributed by atoms with Crippen LogP contribution in [0.1, 0.15) is 26.3 Å². The second kappa shape index (κ2) is 6.34. The van der Waals surface area contributed by atoms with E-state index >= 15 is 0 Å². The van der Waals surface area contributed by atoms with Crippen molar-refractivity contribution in [2.24, 2.45) is 0 Å². The average Bonchev–Trinajstić information content (AvgIpc) is 2.35. The van der Waals surface area contributed by atoms with Crippen molar-refractivity contribution in [3.63, 3.8) is 0 Å². The monoisotopic (exact) mass is 294 g/mol. The van der Waals surface area contributed by atoms with E-state index in [2.05, 4.69) is 0 Å². The van der Waals surface area contributed by atoms with E-state index in [9.17, 15) is 19.7 Å². The maximum absolute atomic E-state index is 12.2. The molecular formula is C14H18N2O5. The van der Waals surface area contributed by atoms with E-state index in [-0.39, 0.29) is 24.6 Å². The lowest BCUT2D eigenvalue weighted by atomic mass is 10.0. The lowest BCUT2D eigenvalue weighted by Crippen LogP contribution is -2.48. The standard InChI is InChI=1S/C14H18N2O5/c1-14(2,3)15(9-13(18)19)12(17)8-10-4-6-11(7-5-10)16(20)21/h4-7H,8-9H2,1-3H3,(H,18,19). The van der Waals surface area contributed by atoms with E-state index in [1.165, 1.54) is 29.2 Å². The van der Waals surface area contributed by atoms with Crippen molar-refractivity contribution >= 4 is 17.6 Å². The fraction of sp³-hybridized carbons (Fsp3) is 0.429. The van der Waals surface area contributed by atoms with Crippen LogP contribution < -0.4 is 0 Å². The van der Waals surface area contributed by atoms with Gasteiger partial charge < -0.3 is 10.0 Å². The van der Waals surface area contributed by atoms with Crippen LogP contribution in [0, 0.1) is 10.1 Å². The van der Waals surface area contributed by atoms with Crippen molar-refractivity contribution in [3.8, 4) is 0 Å². The summed E-state index contributed by atoms with van der Waals surface area (Å²) in [4.78, 5) is 34.4. The number of carbonyl (C=O) groups excluding carboxylic acids is 1. The normalized spacial score (nSPS) is 11.0. The first-order valence-corrected chi connectivity index (χ1v) is 6.37. The highest BCUT2D eigenvalue weighted by molar-refractivity contribution is 5.83. The minimum Gasteiger partial charge on any atom is -0.480 e. The second-order valence-electron chi connectivity index (χ2n) is 5.64. The molecule has 0 aliphatic carbocycles. The van der Waals surface area contributed by atoms with Crippen LogP contribution in [0.5, 0.6) is 0 Å². The number of rotatable bonds is 5. The van der Waals surface area contributed by atoms with Crippen LogP contribution in [-0.2, 0) is 16.0 Å². The Bertz CT molecular complexity index is 545. The van der Waals surface area contributed by atoms with Crippen LogP contribution in [0.15, 0.2) is 24.3 Å². The molecule has 0 spiro atoms. The van der Waals surface area contributed by atoms with Gasteiger partial charge in [0.15, 0.2) is 0 Å².